The SMILES string of the molecule is CCC(CC)(NC(=O)C(C)NC(N)=O)C(=O)O. The van der Waals surface area contributed by atoms with E-state index in [4.69, 9.17) is 10.8 Å². The maximum atomic E-state index is 11.7. The highest BCUT2D eigenvalue weighted by molar-refractivity contribution is 5.91. The molecule has 0 radical (unpaired) electrons. The summed E-state index contributed by atoms with van der Waals surface area (Å²) in [6.07, 6.45) is 0.516. The van der Waals surface area contributed by atoms with E-state index in [-0.39, 0.29) is 12.8 Å². The number of nitrogens with two attached hydrogens (primary N) is 1. The molecule has 5 N–H and O–H groups in total. The van der Waals surface area contributed by atoms with Gasteiger partial charge in [-0.1, -0.05) is 13.8 Å². The fourth-order valence-electron chi connectivity index (χ4n) is 1.41. The van der Waals surface area contributed by atoms with Crippen LogP contribution in [0.15, 0.2) is 0 Å². The number of carboxylic acids is 1. The first kappa shape index (κ1) is 15.2. The summed E-state index contributed by atoms with van der Waals surface area (Å²) < 4.78 is 0. The molecular weight excluding hydrogens is 226 g/mol. The lowest BCUT2D eigenvalue weighted by Crippen LogP contribution is -2.58. The number of aliphatic carboxylic acids is 1. The summed E-state index contributed by atoms with van der Waals surface area (Å²) in [5, 5.41) is 13.7. The fraction of sp³-hybridized carbons (Fsp3) is 0.700. The number of urea groups is 1. The predicted octanol–water partition coefficient (Wildman–Crippen LogP) is -0.197. The summed E-state index contributed by atoms with van der Waals surface area (Å²) in [6.45, 7) is 4.77. The number of carbonyl (C=O) groups excluding carboxylic acids is 2. The molecule has 0 saturated heterocycles. The Bertz CT molecular complexity index is 313. The normalized spacial score (nSPS) is 12.6. The van der Waals surface area contributed by atoms with Crippen LogP contribution in [0.25, 0.3) is 0 Å². The Balaban J connectivity index is 4.72. The van der Waals surface area contributed by atoms with E-state index in [1.54, 1.807) is 13.8 Å². The van der Waals surface area contributed by atoms with Crippen LogP contribution < -0.4 is 16.4 Å². The van der Waals surface area contributed by atoms with Crippen molar-refractivity contribution in [1.29, 1.82) is 0 Å². The number of carbonyl (C=O) groups is 3. The molecule has 7 heteroatoms. The average Bonchev–Trinajstić information content (AvgIpc) is 2.24. The minimum Gasteiger partial charge on any atom is -0.480 e. The Kier molecular flexibility index (Phi) is 5.43. The van der Waals surface area contributed by atoms with Crippen LogP contribution >= 0.6 is 0 Å². The molecule has 0 heterocycles. The number of rotatable bonds is 6. The quantitative estimate of drug-likeness (QED) is 0.517. The van der Waals surface area contributed by atoms with Gasteiger partial charge in [-0.15, -0.1) is 0 Å². The van der Waals surface area contributed by atoms with Gasteiger partial charge in [0.25, 0.3) is 0 Å². The number of amides is 3. The van der Waals surface area contributed by atoms with Gasteiger partial charge in [0, 0.05) is 0 Å². The summed E-state index contributed by atoms with van der Waals surface area (Å²) in [5.41, 5.74) is 3.57. The summed E-state index contributed by atoms with van der Waals surface area (Å²) in [6, 6.07) is -1.70. The highest BCUT2D eigenvalue weighted by atomic mass is 16.4. The molecule has 0 aliphatic rings. The zero-order chi connectivity index (χ0) is 13.6. The van der Waals surface area contributed by atoms with E-state index < -0.39 is 29.5 Å². The van der Waals surface area contributed by atoms with Gasteiger partial charge in [0.05, 0.1) is 0 Å². The second kappa shape index (κ2) is 6.07. The molecule has 0 bridgehead atoms. The maximum Gasteiger partial charge on any atom is 0.329 e. The molecule has 0 aliphatic carbocycles. The van der Waals surface area contributed by atoms with Crippen LogP contribution in [-0.4, -0.2) is 34.6 Å². The van der Waals surface area contributed by atoms with Gasteiger partial charge in [-0.2, -0.15) is 0 Å². The Morgan fingerprint density at radius 1 is 1.29 bits per heavy atom. The van der Waals surface area contributed by atoms with Gasteiger partial charge in [-0.25, -0.2) is 9.59 Å². The van der Waals surface area contributed by atoms with Crippen LogP contribution in [0.5, 0.6) is 0 Å². The first-order chi connectivity index (χ1) is 7.79. The minimum atomic E-state index is -1.30. The second-order valence-electron chi connectivity index (χ2n) is 3.81. The van der Waals surface area contributed by atoms with Gasteiger partial charge in [-0.05, 0) is 19.8 Å². The lowest BCUT2D eigenvalue weighted by atomic mass is 9.92. The van der Waals surface area contributed by atoms with Crippen LogP contribution in [0, 0.1) is 0 Å². The van der Waals surface area contributed by atoms with E-state index in [0.29, 0.717) is 0 Å². The maximum absolute atomic E-state index is 11.7. The van der Waals surface area contributed by atoms with Crippen molar-refractivity contribution in [3.63, 3.8) is 0 Å². The topological polar surface area (TPSA) is 122 Å². The smallest absolute Gasteiger partial charge is 0.329 e. The van der Waals surface area contributed by atoms with Crippen molar-refractivity contribution in [2.45, 2.75) is 45.2 Å². The van der Waals surface area contributed by atoms with E-state index in [2.05, 4.69) is 10.6 Å². The van der Waals surface area contributed by atoms with Crippen LogP contribution in [0.2, 0.25) is 0 Å². The molecule has 0 aromatic carbocycles. The number of nitrogens with one attached hydrogen (secondary N) is 2. The second-order valence-corrected chi connectivity index (χ2v) is 3.81. The van der Waals surface area contributed by atoms with Crippen LogP contribution in [0.3, 0.4) is 0 Å². The van der Waals surface area contributed by atoms with Crippen molar-refractivity contribution in [2.24, 2.45) is 5.73 Å². The van der Waals surface area contributed by atoms with Crippen molar-refractivity contribution in [1.82, 2.24) is 10.6 Å². The summed E-state index contributed by atoms with van der Waals surface area (Å²) in [5.74, 6) is -1.67. The van der Waals surface area contributed by atoms with Crippen molar-refractivity contribution in [3.8, 4) is 0 Å². The number of carboxylic acid groups (broad SMARTS) is 1. The molecule has 0 spiro atoms. The van der Waals surface area contributed by atoms with Gasteiger partial charge < -0.3 is 21.5 Å². The molecule has 0 aliphatic heterocycles. The Hall–Kier alpha value is -1.79. The molecular formula is C10H19N3O4. The molecule has 17 heavy (non-hydrogen) atoms. The zero-order valence-electron chi connectivity index (χ0n) is 10.2. The molecule has 1 atom stereocenters. The minimum absolute atomic E-state index is 0.258. The van der Waals surface area contributed by atoms with Crippen molar-refractivity contribution in [2.75, 3.05) is 0 Å². The third-order valence-corrected chi connectivity index (χ3v) is 2.73. The highest BCUT2D eigenvalue weighted by Gasteiger charge is 2.37. The average molecular weight is 245 g/mol. The summed E-state index contributed by atoms with van der Waals surface area (Å²) in [4.78, 5) is 33.4. The molecule has 1 unspecified atom stereocenters. The van der Waals surface area contributed by atoms with Crippen molar-refractivity contribution >= 4 is 17.9 Å². The van der Waals surface area contributed by atoms with Crippen LogP contribution in [0.1, 0.15) is 33.6 Å². The number of primary amides is 1. The fourth-order valence-corrected chi connectivity index (χ4v) is 1.41. The van der Waals surface area contributed by atoms with E-state index >= 15 is 0 Å². The van der Waals surface area contributed by atoms with E-state index in [9.17, 15) is 14.4 Å². The van der Waals surface area contributed by atoms with Crippen molar-refractivity contribution < 1.29 is 19.5 Å². The zero-order valence-corrected chi connectivity index (χ0v) is 10.2. The van der Waals surface area contributed by atoms with Gasteiger partial charge in [0.1, 0.15) is 11.6 Å². The molecule has 0 rings (SSSR count). The number of hydrogen-bond donors (Lipinski definition) is 4. The number of hydrogen-bond acceptors (Lipinski definition) is 3. The molecule has 0 saturated carbocycles. The largest absolute Gasteiger partial charge is 0.480 e. The van der Waals surface area contributed by atoms with E-state index in [0.717, 1.165) is 0 Å². The lowest BCUT2D eigenvalue weighted by Gasteiger charge is -2.29. The van der Waals surface area contributed by atoms with Gasteiger partial charge in [0.15, 0.2) is 0 Å². The molecule has 98 valence electrons. The van der Waals surface area contributed by atoms with Crippen LogP contribution in [-0.2, 0) is 9.59 Å². The molecule has 3 amide bonds. The third kappa shape index (κ3) is 3.93. The Morgan fingerprint density at radius 2 is 1.76 bits per heavy atom. The monoisotopic (exact) mass is 245 g/mol. The van der Waals surface area contributed by atoms with Crippen molar-refractivity contribution in [3.05, 3.63) is 0 Å². The molecule has 0 fully saturated rings. The first-order valence-electron chi connectivity index (χ1n) is 5.40. The standard InChI is InChI=1S/C10H19N3O4/c1-4-10(5-2,8(15)16)13-7(14)6(3)12-9(11)17/h6H,4-5H2,1-3H3,(H,13,14)(H,15,16)(H3,11,12,17). The Morgan fingerprint density at radius 3 is 2.06 bits per heavy atom. The predicted molar refractivity (Wildman–Crippen MR) is 61.3 cm³/mol. The Labute approximate surface area is 99.7 Å². The van der Waals surface area contributed by atoms with Gasteiger partial charge in [-0.3, -0.25) is 4.79 Å². The summed E-state index contributed by atoms with van der Waals surface area (Å²) >= 11 is 0. The van der Waals surface area contributed by atoms with Crippen LogP contribution in [0.4, 0.5) is 4.79 Å². The van der Waals surface area contributed by atoms with Gasteiger partial charge in [0.2, 0.25) is 5.91 Å². The molecule has 0 aromatic heterocycles. The first-order valence-corrected chi connectivity index (χ1v) is 5.40. The summed E-state index contributed by atoms with van der Waals surface area (Å²) in [7, 11) is 0. The molecule has 7 nitrogen and oxygen atoms in total. The third-order valence-electron chi connectivity index (χ3n) is 2.73. The van der Waals surface area contributed by atoms with E-state index in [1.807, 2.05) is 0 Å². The highest BCUT2D eigenvalue weighted by Crippen LogP contribution is 2.15. The van der Waals surface area contributed by atoms with Gasteiger partial charge >= 0.3 is 12.0 Å². The van der Waals surface area contributed by atoms with E-state index in [1.165, 1.54) is 6.92 Å². The molecule has 0 aromatic rings. The lowest BCUT2D eigenvalue weighted by molar-refractivity contribution is -0.148.